The summed E-state index contributed by atoms with van der Waals surface area (Å²) in [5.74, 6) is 1.55. The van der Waals surface area contributed by atoms with Crippen LogP contribution < -0.4 is 10.2 Å². The Kier molecular flexibility index (Phi) is 7.17. The molecule has 1 aromatic carbocycles. The molecule has 0 bridgehead atoms. The van der Waals surface area contributed by atoms with E-state index in [0.29, 0.717) is 12.5 Å². The number of nitrogens with one attached hydrogen (secondary N) is 1. The van der Waals surface area contributed by atoms with E-state index in [1.165, 1.54) is 11.1 Å². The van der Waals surface area contributed by atoms with Gasteiger partial charge in [-0.25, -0.2) is 9.97 Å². The van der Waals surface area contributed by atoms with Crippen LogP contribution >= 0.6 is 0 Å². The molecule has 0 spiro atoms. The molecule has 1 unspecified atom stereocenters. The molecule has 166 valence electrons. The number of amides is 1. The van der Waals surface area contributed by atoms with Crippen LogP contribution in [0, 0.1) is 25.7 Å². The van der Waals surface area contributed by atoms with E-state index in [0.717, 1.165) is 70.0 Å². The van der Waals surface area contributed by atoms with Gasteiger partial charge >= 0.3 is 0 Å². The van der Waals surface area contributed by atoms with Crippen LogP contribution in [0.25, 0.3) is 0 Å². The van der Waals surface area contributed by atoms with Gasteiger partial charge < -0.3 is 10.2 Å². The molecule has 4 rings (SSSR count). The quantitative estimate of drug-likeness (QED) is 0.775. The van der Waals surface area contributed by atoms with Crippen LogP contribution in [-0.2, 0) is 11.3 Å². The summed E-state index contributed by atoms with van der Waals surface area (Å²) in [6.45, 7) is 9.81. The minimum Gasteiger partial charge on any atom is -0.356 e. The van der Waals surface area contributed by atoms with Crippen LogP contribution in [0.5, 0.6) is 0 Å². The lowest BCUT2D eigenvalue weighted by Gasteiger charge is -2.34. The van der Waals surface area contributed by atoms with E-state index in [1.807, 2.05) is 13.0 Å². The summed E-state index contributed by atoms with van der Waals surface area (Å²) in [4.78, 5) is 26.5. The number of benzene rings is 1. The van der Waals surface area contributed by atoms with Crippen LogP contribution in [0.1, 0.15) is 42.5 Å². The maximum absolute atomic E-state index is 12.8. The molecule has 2 aliphatic rings. The summed E-state index contributed by atoms with van der Waals surface area (Å²) in [5, 5.41) is 3.25. The lowest BCUT2D eigenvalue weighted by atomic mass is 9.94. The molecule has 0 radical (unpaired) electrons. The van der Waals surface area contributed by atoms with E-state index in [4.69, 9.17) is 0 Å². The van der Waals surface area contributed by atoms with Gasteiger partial charge in [0.05, 0.1) is 5.92 Å². The summed E-state index contributed by atoms with van der Waals surface area (Å²) in [7, 11) is 0. The standard InChI is InChI=1S/C25H35N5O/c1-19-5-3-6-22(15-19)17-29-13-9-21(10-14-29)16-27-24(31)23-7-4-12-30(18-23)25-26-11-8-20(2)28-25/h3,5-6,8,11,15,21,23H,4,7,9-10,12-14,16-18H2,1-2H3,(H,27,31). The lowest BCUT2D eigenvalue weighted by Crippen LogP contribution is -2.45. The fourth-order valence-corrected chi connectivity index (χ4v) is 4.77. The van der Waals surface area contributed by atoms with E-state index in [-0.39, 0.29) is 11.8 Å². The third-order valence-corrected chi connectivity index (χ3v) is 6.62. The molecular formula is C25H35N5O. The molecule has 1 N–H and O–H groups in total. The molecule has 1 aromatic heterocycles. The Morgan fingerprint density at radius 1 is 1.13 bits per heavy atom. The Balaban J connectivity index is 1.20. The van der Waals surface area contributed by atoms with Gasteiger partial charge in [-0.15, -0.1) is 0 Å². The van der Waals surface area contributed by atoms with Crippen LogP contribution in [0.4, 0.5) is 5.95 Å². The average Bonchev–Trinajstić information content (AvgIpc) is 2.78. The van der Waals surface area contributed by atoms with E-state index in [1.54, 1.807) is 6.20 Å². The third kappa shape index (κ3) is 6.03. The van der Waals surface area contributed by atoms with Gasteiger partial charge in [0.2, 0.25) is 11.9 Å². The second-order valence-corrected chi connectivity index (χ2v) is 9.24. The molecular weight excluding hydrogens is 386 g/mol. The van der Waals surface area contributed by atoms with Crippen LogP contribution in [0.2, 0.25) is 0 Å². The molecule has 1 atom stereocenters. The highest BCUT2D eigenvalue weighted by Crippen LogP contribution is 2.22. The molecule has 2 saturated heterocycles. The second kappa shape index (κ2) is 10.2. The van der Waals surface area contributed by atoms with Crippen LogP contribution in [0.3, 0.4) is 0 Å². The molecule has 0 aliphatic carbocycles. The highest BCUT2D eigenvalue weighted by atomic mass is 16.1. The first-order valence-electron chi connectivity index (χ1n) is 11.7. The third-order valence-electron chi connectivity index (χ3n) is 6.62. The van der Waals surface area contributed by atoms with Gasteiger partial charge in [-0.3, -0.25) is 9.69 Å². The minimum absolute atomic E-state index is 0.0271. The van der Waals surface area contributed by atoms with Crippen LogP contribution in [0.15, 0.2) is 36.5 Å². The number of hydrogen-bond donors (Lipinski definition) is 1. The smallest absolute Gasteiger partial charge is 0.225 e. The first kappa shape index (κ1) is 21.8. The predicted molar refractivity (Wildman–Crippen MR) is 124 cm³/mol. The van der Waals surface area contributed by atoms with Crippen molar-refractivity contribution in [3.8, 4) is 0 Å². The van der Waals surface area contributed by atoms with Crippen LogP contribution in [-0.4, -0.2) is 53.5 Å². The molecule has 6 nitrogen and oxygen atoms in total. The van der Waals surface area contributed by atoms with E-state index >= 15 is 0 Å². The van der Waals surface area contributed by atoms with Crippen molar-refractivity contribution in [2.24, 2.45) is 11.8 Å². The van der Waals surface area contributed by atoms with E-state index < -0.39 is 0 Å². The van der Waals surface area contributed by atoms with Gasteiger partial charge in [0, 0.05) is 38.1 Å². The Labute approximate surface area is 186 Å². The normalized spacial score (nSPS) is 20.6. The Morgan fingerprint density at radius 3 is 2.74 bits per heavy atom. The zero-order valence-corrected chi connectivity index (χ0v) is 18.9. The van der Waals surface area contributed by atoms with Gasteiger partial charge in [-0.1, -0.05) is 29.8 Å². The van der Waals surface area contributed by atoms with E-state index in [2.05, 4.69) is 56.3 Å². The zero-order chi connectivity index (χ0) is 21.6. The number of nitrogens with zero attached hydrogens (tertiary/aromatic N) is 4. The van der Waals surface area contributed by atoms with Crippen molar-refractivity contribution in [2.45, 2.75) is 46.1 Å². The van der Waals surface area contributed by atoms with Gasteiger partial charge in [-0.05, 0) is 70.2 Å². The summed E-state index contributed by atoms with van der Waals surface area (Å²) in [6, 6.07) is 10.7. The Morgan fingerprint density at radius 2 is 1.97 bits per heavy atom. The number of carbonyl (C=O) groups excluding carboxylic acids is 1. The predicted octanol–water partition coefficient (Wildman–Crippen LogP) is 3.34. The molecule has 0 saturated carbocycles. The maximum atomic E-state index is 12.8. The van der Waals surface area contributed by atoms with Gasteiger partial charge in [0.25, 0.3) is 0 Å². The molecule has 2 aliphatic heterocycles. The van der Waals surface area contributed by atoms with Gasteiger partial charge in [0.1, 0.15) is 0 Å². The number of aryl methyl sites for hydroxylation is 2. The largest absolute Gasteiger partial charge is 0.356 e. The number of aromatic nitrogens is 2. The van der Waals surface area contributed by atoms with Gasteiger partial charge in [-0.2, -0.15) is 0 Å². The molecule has 1 amide bonds. The van der Waals surface area contributed by atoms with Crippen molar-refractivity contribution in [3.63, 3.8) is 0 Å². The number of likely N-dealkylation sites (tertiary alicyclic amines) is 1. The van der Waals surface area contributed by atoms with Crippen molar-refractivity contribution in [1.82, 2.24) is 20.2 Å². The molecule has 31 heavy (non-hydrogen) atoms. The molecule has 6 heteroatoms. The zero-order valence-electron chi connectivity index (χ0n) is 18.9. The van der Waals surface area contributed by atoms with Crippen molar-refractivity contribution in [3.05, 3.63) is 53.3 Å². The average molecular weight is 422 g/mol. The molecule has 2 aromatic rings. The highest BCUT2D eigenvalue weighted by Gasteiger charge is 2.28. The van der Waals surface area contributed by atoms with Gasteiger partial charge in [0.15, 0.2) is 0 Å². The van der Waals surface area contributed by atoms with Crippen molar-refractivity contribution in [2.75, 3.05) is 37.6 Å². The first-order chi connectivity index (χ1) is 15.1. The van der Waals surface area contributed by atoms with Crippen molar-refractivity contribution in [1.29, 1.82) is 0 Å². The first-order valence-corrected chi connectivity index (χ1v) is 11.7. The summed E-state index contributed by atoms with van der Waals surface area (Å²) in [5.41, 5.74) is 3.68. The highest BCUT2D eigenvalue weighted by molar-refractivity contribution is 5.79. The summed E-state index contributed by atoms with van der Waals surface area (Å²) in [6.07, 6.45) is 6.06. The monoisotopic (exact) mass is 421 g/mol. The Bertz CT molecular complexity index is 878. The number of carbonyl (C=O) groups is 1. The lowest BCUT2D eigenvalue weighted by molar-refractivity contribution is -0.125. The molecule has 3 heterocycles. The second-order valence-electron chi connectivity index (χ2n) is 9.24. The number of anilines is 1. The Hall–Kier alpha value is -2.47. The fourth-order valence-electron chi connectivity index (χ4n) is 4.77. The van der Waals surface area contributed by atoms with Crippen molar-refractivity contribution < 1.29 is 4.79 Å². The number of hydrogen-bond acceptors (Lipinski definition) is 5. The topological polar surface area (TPSA) is 61.4 Å². The van der Waals surface area contributed by atoms with Crippen molar-refractivity contribution >= 4 is 11.9 Å². The fraction of sp³-hybridized carbons (Fsp3) is 0.560. The number of piperidine rings is 2. The number of rotatable bonds is 6. The SMILES string of the molecule is Cc1cccc(CN2CCC(CNC(=O)C3CCCN(c4nccc(C)n4)C3)CC2)c1. The maximum Gasteiger partial charge on any atom is 0.225 e. The summed E-state index contributed by atoms with van der Waals surface area (Å²) >= 11 is 0. The van der Waals surface area contributed by atoms with E-state index in [9.17, 15) is 4.79 Å². The minimum atomic E-state index is 0.0271. The summed E-state index contributed by atoms with van der Waals surface area (Å²) < 4.78 is 0. The molecule has 2 fully saturated rings.